The Bertz CT molecular complexity index is 372. The first-order valence-corrected chi connectivity index (χ1v) is 4.37. The highest BCUT2D eigenvalue weighted by atomic mass is 16.6. The number of carbonyl (C=O) groups excluding carboxylic acids is 1. The maximum Gasteiger partial charge on any atom is 0.411 e. The van der Waals surface area contributed by atoms with Crippen LogP contribution in [0.15, 0.2) is 22.8 Å². The van der Waals surface area contributed by atoms with E-state index in [1.807, 2.05) is 0 Å². The van der Waals surface area contributed by atoms with Crippen molar-refractivity contribution in [1.29, 1.82) is 0 Å². The molecule has 1 aromatic rings. The molecular formula is C9H9NO5. The van der Waals surface area contributed by atoms with E-state index in [0.29, 0.717) is 5.76 Å². The smallest absolute Gasteiger partial charge is 0.411 e. The van der Waals surface area contributed by atoms with E-state index in [0.717, 1.165) is 0 Å². The van der Waals surface area contributed by atoms with Crippen LogP contribution in [0.5, 0.6) is 0 Å². The van der Waals surface area contributed by atoms with Crippen LogP contribution in [0.3, 0.4) is 0 Å². The molecule has 0 saturated carbocycles. The van der Waals surface area contributed by atoms with E-state index in [-0.39, 0.29) is 13.1 Å². The van der Waals surface area contributed by atoms with Gasteiger partial charge in [-0.1, -0.05) is 0 Å². The molecule has 1 aromatic heterocycles. The second kappa shape index (κ2) is 3.64. The summed E-state index contributed by atoms with van der Waals surface area (Å²) in [6.45, 7) is 0.282. The normalized spacial score (nSPS) is 20.4. The van der Waals surface area contributed by atoms with E-state index in [1.54, 1.807) is 12.1 Å². The number of furan rings is 1. The fraction of sp³-hybridized carbons (Fsp3) is 0.333. The number of hydrogen-bond donors (Lipinski definition) is 1. The predicted octanol–water partition coefficient (Wildman–Crippen LogP) is 0.685. The zero-order valence-corrected chi connectivity index (χ0v) is 7.75. The minimum atomic E-state index is -1.13. The summed E-state index contributed by atoms with van der Waals surface area (Å²) in [5.74, 6) is -0.539. The molecule has 15 heavy (non-hydrogen) atoms. The van der Waals surface area contributed by atoms with Crippen LogP contribution in [0.2, 0.25) is 0 Å². The highest BCUT2D eigenvalue weighted by molar-refractivity contribution is 5.81. The maximum atomic E-state index is 11.2. The number of carboxylic acid groups (broad SMARTS) is 1. The maximum absolute atomic E-state index is 11.2. The number of nitrogens with zero attached hydrogens (tertiary/aromatic N) is 1. The summed E-state index contributed by atoms with van der Waals surface area (Å²) in [5, 5.41) is 8.65. The third kappa shape index (κ3) is 1.93. The summed E-state index contributed by atoms with van der Waals surface area (Å²) in [6, 6.07) is 3.41. The SMILES string of the molecule is O=C(O)[C@H]1CN(Cc2ccco2)C(=O)O1. The van der Waals surface area contributed by atoms with Crippen molar-refractivity contribution in [3.8, 4) is 0 Å². The van der Waals surface area contributed by atoms with Gasteiger partial charge in [0, 0.05) is 0 Å². The lowest BCUT2D eigenvalue weighted by Gasteiger charge is -2.09. The van der Waals surface area contributed by atoms with E-state index in [4.69, 9.17) is 9.52 Å². The molecule has 1 saturated heterocycles. The highest BCUT2D eigenvalue weighted by Crippen LogP contribution is 2.15. The minimum Gasteiger partial charge on any atom is -0.478 e. The van der Waals surface area contributed by atoms with Crippen molar-refractivity contribution in [2.45, 2.75) is 12.6 Å². The summed E-state index contributed by atoms with van der Waals surface area (Å²) < 4.78 is 9.67. The quantitative estimate of drug-likeness (QED) is 0.795. The van der Waals surface area contributed by atoms with Crippen LogP contribution in [-0.4, -0.2) is 34.7 Å². The van der Waals surface area contributed by atoms with Gasteiger partial charge in [-0.15, -0.1) is 0 Å². The minimum absolute atomic E-state index is 0.0505. The van der Waals surface area contributed by atoms with Gasteiger partial charge in [0.2, 0.25) is 6.10 Å². The first-order valence-electron chi connectivity index (χ1n) is 4.37. The Morgan fingerprint density at radius 3 is 3.00 bits per heavy atom. The number of carbonyl (C=O) groups is 2. The molecule has 0 aliphatic carbocycles. The molecule has 1 amide bonds. The van der Waals surface area contributed by atoms with E-state index in [9.17, 15) is 9.59 Å². The summed E-state index contributed by atoms with van der Waals surface area (Å²) in [4.78, 5) is 23.1. The largest absolute Gasteiger partial charge is 0.478 e. The Hall–Kier alpha value is -1.98. The zero-order valence-electron chi connectivity index (χ0n) is 7.75. The Kier molecular flexibility index (Phi) is 2.32. The summed E-state index contributed by atoms with van der Waals surface area (Å²) in [6.07, 6.45) is -0.211. The van der Waals surface area contributed by atoms with Crippen LogP contribution in [0, 0.1) is 0 Å². The van der Waals surface area contributed by atoms with Crippen LogP contribution >= 0.6 is 0 Å². The molecule has 6 nitrogen and oxygen atoms in total. The Balaban J connectivity index is 2.00. The lowest BCUT2D eigenvalue weighted by atomic mass is 10.3. The number of cyclic esters (lactones) is 1. The fourth-order valence-corrected chi connectivity index (χ4v) is 1.36. The molecule has 0 spiro atoms. The molecule has 1 aliphatic rings. The zero-order chi connectivity index (χ0) is 10.8. The van der Waals surface area contributed by atoms with Crippen molar-refractivity contribution < 1.29 is 23.8 Å². The number of carboxylic acids is 1. The van der Waals surface area contributed by atoms with Crippen LogP contribution in [0.1, 0.15) is 5.76 Å². The second-order valence-electron chi connectivity index (χ2n) is 3.17. The number of hydrogen-bond acceptors (Lipinski definition) is 4. The average molecular weight is 211 g/mol. The van der Waals surface area contributed by atoms with Gasteiger partial charge in [0.15, 0.2) is 0 Å². The molecule has 80 valence electrons. The van der Waals surface area contributed by atoms with Crippen molar-refractivity contribution in [2.75, 3.05) is 6.54 Å². The van der Waals surface area contributed by atoms with Gasteiger partial charge in [-0.25, -0.2) is 9.59 Å². The van der Waals surface area contributed by atoms with Crippen molar-refractivity contribution in [2.24, 2.45) is 0 Å². The van der Waals surface area contributed by atoms with Gasteiger partial charge in [0.25, 0.3) is 0 Å². The van der Waals surface area contributed by atoms with Gasteiger partial charge >= 0.3 is 12.1 Å². The van der Waals surface area contributed by atoms with E-state index < -0.39 is 18.2 Å². The second-order valence-corrected chi connectivity index (χ2v) is 3.17. The summed E-state index contributed by atoms with van der Waals surface area (Å²) in [7, 11) is 0. The molecular weight excluding hydrogens is 202 g/mol. The van der Waals surface area contributed by atoms with Crippen molar-refractivity contribution in [3.05, 3.63) is 24.2 Å². The van der Waals surface area contributed by atoms with E-state index >= 15 is 0 Å². The standard InChI is InChI=1S/C9H9NO5/c11-8(12)7-5-10(9(13)15-7)4-6-2-1-3-14-6/h1-3,7H,4-5H2,(H,11,12)/t7-/m1/s1. The van der Waals surface area contributed by atoms with Crippen molar-refractivity contribution >= 4 is 12.1 Å². The van der Waals surface area contributed by atoms with Crippen molar-refractivity contribution in [3.63, 3.8) is 0 Å². The van der Waals surface area contributed by atoms with Crippen LogP contribution < -0.4 is 0 Å². The van der Waals surface area contributed by atoms with Gasteiger partial charge in [0.1, 0.15) is 5.76 Å². The van der Waals surface area contributed by atoms with E-state index in [1.165, 1.54) is 11.2 Å². The van der Waals surface area contributed by atoms with Crippen LogP contribution in [0.25, 0.3) is 0 Å². The molecule has 1 N–H and O–H groups in total. The molecule has 2 heterocycles. The predicted molar refractivity (Wildman–Crippen MR) is 47.0 cm³/mol. The lowest BCUT2D eigenvalue weighted by molar-refractivity contribution is -0.144. The van der Waals surface area contributed by atoms with Gasteiger partial charge in [-0.2, -0.15) is 0 Å². The van der Waals surface area contributed by atoms with Gasteiger partial charge in [-0.3, -0.25) is 4.90 Å². The molecule has 0 radical (unpaired) electrons. The molecule has 6 heteroatoms. The number of amides is 1. The number of ether oxygens (including phenoxy) is 1. The van der Waals surface area contributed by atoms with Crippen LogP contribution in [-0.2, 0) is 16.1 Å². The Morgan fingerprint density at radius 1 is 1.67 bits per heavy atom. The Labute approximate surface area is 85.0 Å². The molecule has 1 aliphatic heterocycles. The topological polar surface area (TPSA) is 80.0 Å². The molecule has 0 aromatic carbocycles. The van der Waals surface area contributed by atoms with Gasteiger partial charge in [-0.05, 0) is 12.1 Å². The summed E-state index contributed by atoms with van der Waals surface area (Å²) in [5.41, 5.74) is 0. The van der Waals surface area contributed by atoms with Gasteiger partial charge < -0.3 is 14.3 Å². The number of aliphatic carboxylic acids is 1. The fourth-order valence-electron chi connectivity index (χ4n) is 1.36. The van der Waals surface area contributed by atoms with Gasteiger partial charge in [0.05, 0.1) is 19.4 Å². The molecule has 2 rings (SSSR count). The number of rotatable bonds is 3. The average Bonchev–Trinajstić information content (AvgIpc) is 2.77. The highest BCUT2D eigenvalue weighted by Gasteiger charge is 2.36. The monoisotopic (exact) mass is 211 g/mol. The first-order chi connectivity index (χ1) is 7.16. The molecule has 1 fully saturated rings. The molecule has 1 atom stereocenters. The summed E-state index contributed by atoms with van der Waals surface area (Å²) >= 11 is 0. The molecule has 0 unspecified atom stereocenters. The lowest BCUT2D eigenvalue weighted by Crippen LogP contribution is -2.27. The molecule has 0 bridgehead atoms. The van der Waals surface area contributed by atoms with E-state index in [2.05, 4.69) is 4.74 Å². The van der Waals surface area contributed by atoms with Crippen LogP contribution in [0.4, 0.5) is 4.79 Å². The third-order valence-electron chi connectivity index (χ3n) is 2.09. The third-order valence-corrected chi connectivity index (χ3v) is 2.09. The van der Waals surface area contributed by atoms with Crippen molar-refractivity contribution in [1.82, 2.24) is 4.90 Å². The first kappa shape index (κ1) is 9.57. The Morgan fingerprint density at radius 2 is 2.47 bits per heavy atom.